The topological polar surface area (TPSA) is 56.4 Å². The molecule has 0 amide bonds. The maximum Gasteiger partial charge on any atom is 0.332 e. The van der Waals surface area contributed by atoms with Gasteiger partial charge < -0.3 is 0 Å². The van der Waals surface area contributed by atoms with E-state index in [1.54, 1.807) is 14.0 Å². The Kier molecular flexibility index (Phi) is 4.67. The molecule has 0 saturated carbocycles. The first-order chi connectivity index (χ1) is 8.31. The molecule has 0 spiro atoms. The zero-order chi connectivity index (χ0) is 14.0. The van der Waals surface area contributed by atoms with Crippen molar-refractivity contribution in [3.63, 3.8) is 0 Å². The molecular weight excluding hydrogens is 298 g/mol. The molecule has 18 heavy (non-hydrogen) atoms. The first-order valence-corrected chi connectivity index (χ1v) is 6.61. The van der Waals surface area contributed by atoms with Crippen molar-refractivity contribution in [3.05, 3.63) is 26.4 Å². The van der Waals surface area contributed by atoms with E-state index in [-0.39, 0.29) is 17.2 Å². The molecule has 0 aliphatic carbocycles. The highest BCUT2D eigenvalue weighted by Crippen LogP contribution is 2.18. The van der Waals surface area contributed by atoms with E-state index in [2.05, 4.69) is 27.8 Å². The van der Waals surface area contributed by atoms with Gasteiger partial charge in [0.15, 0.2) is 0 Å². The molecule has 0 aliphatic heterocycles. The summed E-state index contributed by atoms with van der Waals surface area (Å²) in [5.74, 6) is 0.666. The van der Waals surface area contributed by atoms with Crippen molar-refractivity contribution in [3.8, 4) is 0 Å². The Labute approximate surface area is 114 Å². The fourth-order valence-corrected chi connectivity index (χ4v) is 2.03. The lowest BCUT2D eigenvalue weighted by Crippen LogP contribution is -2.38. The summed E-state index contributed by atoms with van der Waals surface area (Å²) in [5, 5.41) is 0. The van der Waals surface area contributed by atoms with Crippen LogP contribution in [0, 0.1) is 12.8 Å². The van der Waals surface area contributed by atoms with Crippen molar-refractivity contribution in [2.45, 2.75) is 27.2 Å². The average molecular weight is 316 g/mol. The number of nitrogens with zero attached hydrogens (tertiary/aromatic N) is 3. The smallest absolute Gasteiger partial charge is 0.281 e. The van der Waals surface area contributed by atoms with E-state index < -0.39 is 0 Å². The summed E-state index contributed by atoms with van der Waals surface area (Å²) in [4.78, 5) is 28.0. The first kappa shape index (κ1) is 14.9. The van der Waals surface area contributed by atoms with Crippen molar-refractivity contribution in [2.75, 3.05) is 0 Å². The van der Waals surface area contributed by atoms with E-state index in [4.69, 9.17) is 0 Å². The third-order valence-corrected chi connectivity index (χ3v) is 4.04. The number of aliphatic imine (C=N–C) groups is 1. The molecule has 1 aromatic rings. The average Bonchev–Trinajstić information content (AvgIpc) is 2.37. The lowest BCUT2D eigenvalue weighted by molar-refractivity contribution is 0.678. The van der Waals surface area contributed by atoms with Crippen LogP contribution < -0.4 is 11.2 Å². The minimum atomic E-state index is -0.367. The summed E-state index contributed by atoms with van der Waals surface area (Å²) in [6.07, 6.45) is 0.932. The van der Waals surface area contributed by atoms with Gasteiger partial charge in [-0.3, -0.25) is 13.9 Å². The Balaban J connectivity index is 3.53. The van der Waals surface area contributed by atoms with Gasteiger partial charge in [-0.05, 0) is 29.3 Å². The van der Waals surface area contributed by atoms with E-state index in [9.17, 15) is 9.59 Å². The molecule has 0 saturated heterocycles. The Bertz CT molecular complexity index is 561. The fraction of sp³-hybridized carbons (Fsp3) is 0.583. The van der Waals surface area contributed by atoms with Crippen LogP contribution in [0.25, 0.3) is 0 Å². The molecule has 1 rings (SSSR count). The molecule has 100 valence electrons. The summed E-state index contributed by atoms with van der Waals surface area (Å²) in [5.41, 5.74) is -0.199. The highest BCUT2D eigenvalue weighted by atomic mass is 79.9. The van der Waals surface area contributed by atoms with Crippen LogP contribution in [0.4, 0.5) is 5.82 Å². The summed E-state index contributed by atoms with van der Waals surface area (Å²) < 4.78 is 3.22. The summed E-state index contributed by atoms with van der Waals surface area (Å²) in [6, 6.07) is 0. The van der Waals surface area contributed by atoms with Crippen LogP contribution in [-0.4, -0.2) is 13.8 Å². The van der Waals surface area contributed by atoms with Gasteiger partial charge in [-0.25, -0.2) is 9.79 Å². The van der Waals surface area contributed by atoms with Crippen LogP contribution >= 0.6 is 15.9 Å². The van der Waals surface area contributed by atoms with Gasteiger partial charge in [0, 0.05) is 20.0 Å². The van der Waals surface area contributed by atoms with Crippen molar-refractivity contribution < 1.29 is 0 Å². The zero-order valence-corrected chi connectivity index (χ0v) is 12.9. The van der Waals surface area contributed by atoms with E-state index in [0.717, 1.165) is 15.6 Å². The Morgan fingerprint density at radius 1 is 1.33 bits per heavy atom. The Morgan fingerprint density at radius 2 is 1.89 bits per heavy atom. The van der Waals surface area contributed by atoms with Crippen molar-refractivity contribution in [2.24, 2.45) is 25.0 Å². The van der Waals surface area contributed by atoms with Crippen LogP contribution in [0.3, 0.4) is 0 Å². The molecule has 1 heterocycles. The van der Waals surface area contributed by atoms with Gasteiger partial charge in [0.05, 0.1) is 10.2 Å². The number of hydrogen-bond donors (Lipinski definition) is 0. The molecule has 6 heteroatoms. The van der Waals surface area contributed by atoms with Gasteiger partial charge in [-0.15, -0.1) is 0 Å². The third-order valence-electron chi connectivity index (χ3n) is 3.08. The van der Waals surface area contributed by atoms with Crippen LogP contribution in [-0.2, 0) is 14.1 Å². The molecular formula is C12H18BrN3O2. The lowest BCUT2D eigenvalue weighted by atomic mass is 10.1. The maximum atomic E-state index is 11.8. The minimum Gasteiger partial charge on any atom is -0.281 e. The lowest BCUT2D eigenvalue weighted by Gasteiger charge is -2.11. The second-order valence-corrected chi connectivity index (χ2v) is 5.21. The molecule has 1 aromatic heterocycles. The van der Waals surface area contributed by atoms with Crippen molar-refractivity contribution >= 4 is 26.4 Å². The normalized spacial score (nSPS) is 13.8. The Morgan fingerprint density at radius 3 is 2.39 bits per heavy atom. The standard InChI is InChI=1S/C12H18BrN3O2/c1-6-7(2)9(13)14-10-8(3)11(17)16(5)12(18)15(10)4/h7H,6H2,1-5H3/b14-9+. The minimum absolute atomic E-state index is 0.253. The van der Waals surface area contributed by atoms with Gasteiger partial charge in [0.1, 0.15) is 5.82 Å². The second-order valence-electron chi connectivity index (χ2n) is 4.40. The predicted molar refractivity (Wildman–Crippen MR) is 77.1 cm³/mol. The van der Waals surface area contributed by atoms with Crippen LogP contribution in [0.5, 0.6) is 0 Å². The van der Waals surface area contributed by atoms with E-state index >= 15 is 0 Å². The van der Waals surface area contributed by atoms with E-state index in [1.165, 1.54) is 11.6 Å². The molecule has 5 nitrogen and oxygen atoms in total. The summed E-state index contributed by atoms with van der Waals surface area (Å²) in [6.45, 7) is 5.76. The molecule has 0 aliphatic rings. The molecule has 0 bridgehead atoms. The van der Waals surface area contributed by atoms with Gasteiger partial charge in [-0.1, -0.05) is 13.8 Å². The molecule has 0 fully saturated rings. The monoisotopic (exact) mass is 315 g/mol. The quantitative estimate of drug-likeness (QED) is 0.799. The highest BCUT2D eigenvalue weighted by molar-refractivity contribution is 9.18. The predicted octanol–water partition coefficient (Wildman–Crippen LogP) is 1.86. The molecule has 1 unspecified atom stereocenters. The van der Waals surface area contributed by atoms with Crippen molar-refractivity contribution in [1.29, 1.82) is 0 Å². The fourth-order valence-electron chi connectivity index (χ4n) is 1.54. The zero-order valence-electron chi connectivity index (χ0n) is 11.3. The van der Waals surface area contributed by atoms with Crippen LogP contribution in [0.2, 0.25) is 0 Å². The number of aromatic nitrogens is 2. The molecule has 0 radical (unpaired) electrons. The highest BCUT2D eigenvalue weighted by Gasteiger charge is 2.13. The van der Waals surface area contributed by atoms with E-state index in [1.807, 2.05) is 6.92 Å². The third kappa shape index (κ3) is 2.63. The summed E-state index contributed by atoms with van der Waals surface area (Å²) in [7, 11) is 3.08. The number of halogens is 1. The van der Waals surface area contributed by atoms with Gasteiger partial charge in [0.25, 0.3) is 5.56 Å². The van der Waals surface area contributed by atoms with Crippen molar-refractivity contribution in [1.82, 2.24) is 9.13 Å². The maximum absolute atomic E-state index is 11.8. The molecule has 1 atom stereocenters. The second kappa shape index (κ2) is 5.65. The van der Waals surface area contributed by atoms with Gasteiger partial charge in [0.2, 0.25) is 0 Å². The van der Waals surface area contributed by atoms with Gasteiger partial charge >= 0.3 is 5.69 Å². The number of hydrogen-bond acceptors (Lipinski definition) is 3. The van der Waals surface area contributed by atoms with E-state index in [0.29, 0.717) is 11.4 Å². The number of rotatable bonds is 3. The van der Waals surface area contributed by atoms with Crippen LogP contribution in [0.1, 0.15) is 25.8 Å². The first-order valence-electron chi connectivity index (χ1n) is 5.81. The molecule has 0 aromatic carbocycles. The Hall–Kier alpha value is -1.17. The SMILES string of the molecule is CCC(C)/C(Br)=N\c1c(C)c(=O)n(C)c(=O)n1C. The summed E-state index contributed by atoms with van der Waals surface area (Å²) >= 11 is 3.40. The largest absolute Gasteiger partial charge is 0.332 e. The van der Waals surface area contributed by atoms with Gasteiger partial charge in [-0.2, -0.15) is 0 Å². The molecule has 0 N–H and O–H groups in total. The van der Waals surface area contributed by atoms with Crippen LogP contribution in [0.15, 0.2) is 14.6 Å².